The van der Waals surface area contributed by atoms with E-state index < -0.39 is 6.43 Å². The van der Waals surface area contributed by atoms with Gasteiger partial charge in [0.1, 0.15) is 5.69 Å². The second-order valence-electron chi connectivity index (χ2n) is 9.50. The molecule has 3 heterocycles. The van der Waals surface area contributed by atoms with E-state index in [1.165, 1.54) is 13.2 Å². The number of carbonyl (C=O) groups is 2. The van der Waals surface area contributed by atoms with Gasteiger partial charge in [-0.05, 0) is 72.2 Å². The monoisotopic (exact) mass is 490 g/mol. The van der Waals surface area contributed by atoms with Gasteiger partial charge in [0.2, 0.25) is 5.91 Å². The lowest BCUT2D eigenvalue weighted by molar-refractivity contribution is -0.116. The first kappa shape index (κ1) is 23.9. The van der Waals surface area contributed by atoms with Crippen molar-refractivity contribution in [3.63, 3.8) is 0 Å². The number of nitrogens with zero attached hydrogens (tertiary/aromatic N) is 2. The molecule has 8 heteroatoms. The fourth-order valence-electron chi connectivity index (χ4n) is 5.24. The molecular formula is C28H28F2N4O2. The predicted octanol–water partition coefficient (Wildman–Crippen LogP) is 5.65. The Bertz CT molecular complexity index is 1320. The summed E-state index contributed by atoms with van der Waals surface area (Å²) in [4.78, 5) is 30.4. The Kier molecular flexibility index (Phi) is 6.43. The molecule has 2 aliphatic rings. The van der Waals surface area contributed by atoms with E-state index in [4.69, 9.17) is 0 Å². The predicted molar refractivity (Wildman–Crippen MR) is 136 cm³/mol. The molecule has 2 aliphatic heterocycles. The zero-order valence-corrected chi connectivity index (χ0v) is 20.3. The highest BCUT2D eigenvalue weighted by molar-refractivity contribution is 5.94. The summed E-state index contributed by atoms with van der Waals surface area (Å²) in [6, 6.07) is 12.5. The number of rotatable bonds is 4. The average Bonchev–Trinajstić information content (AvgIpc) is 3.03. The second kappa shape index (κ2) is 9.68. The van der Waals surface area contributed by atoms with Gasteiger partial charge in [-0.3, -0.25) is 14.6 Å². The Morgan fingerprint density at radius 3 is 2.72 bits per heavy atom. The molecule has 0 aliphatic carbocycles. The maximum absolute atomic E-state index is 14.3. The molecule has 5 rings (SSSR count). The first-order valence-corrected chi connectivity index (χ1v) is 12.2. The van der Waals surface area contributed by atoms with Gasteiger partial charge in [-0.1, -0.05) is 19.1 Å². The van der Waals surface area contributed by atoms with Crippen LogP contribution in [0.15, 0.2) is 48.7 Å². The Morgan fingerprint density at radius 1 is 1.17 bits per heavy atom. The zero-order valence-electron chi connectivity index (χ0n) is 20.3. The maximum Gasteiger partial charge on any atom is 0.269 e. The van der Waals surface area contributed by atoms with Gasteiger partial charge in [0.25, 0.3) is 12.3 Å². The quantitative estimate of drug-likeness (QED) is 0.496. The van der Waals surface area contributed by atoms with Gasteiger partial charge in [0.05, 0.1) is 0 Å². The van der Waals surface area contributed by atoms with Crippen molar-refractivity contribution in [3.05, 3.63) is 71.0 Å². The molecule has 2 N–H and O–H groups in total. The summed E-state index contributed by atoms with van der Waals surface area (Å²) >= 11 is 0. The van der Waals surface area contributed by atoms with E-state index in [-0.39, 0.29) is 29.0 Å². The number of alkyl halides is 2. The molecule has 2 aromatic carbocycles. The van der Waals surface area contributed by atoms with Crippen molar-refractivity contribution < 1.29 is 18.4 Å². The fourth-order valence-corrected chi connectivity index (χ4v) is 5.24. The van der Waals surface area contributed by atoms with Crippen molar-refractivity contribution in [2.75, 3.05) is 23.8 Å². The number of fused-ring (bicyclic) bond motifs is 2. The van der Waals surface area contributed by atoms with Gasteiger partial charge in [-0.25, -0.2) is 8.78 Å². The molecule has 1 atom stereocenters. The van der Waals surface area contributed by atoms with E-state index in [0.29, 0.717) is 24.1 Å². The van der Waals surface area contributed by atoms with Crippen molar-refractivity contribution >= 4 is 28.9 Å². The van der Waals surface area contributed by atoms with E-state index in [1.807, 2.05) is 24.3 Å². The molecule has 0 bridgehead atoms. The number of halogens is 2. The second-order valence-corrected chi connectivity index (χ2v) is 9.50. The molecule has 6 nitrogen and oxygen atoms in total. The lowest BCUT2D eigenvalue weighted by Crippen LogP contribution is -2.26. The minimum atomic E-state index is -2.68. The minimum Gasteiger partial charge on any atom is -0.354 e. The number of benzene rings is 2. The Hall–Kier alpha value is -3.81. The highest BCUT2D eigenvalue weighted by Gasteiger charge is 2.28. The van der Waals surface area contributed by atoms with E-state index >= 15 is 0 Å². The number of hydrogen-bond acceptors (Lipinski definition) is 4. The van der Waals surface area contributed by atoms with Crippen LogP contribution in [0.25, 0.3) is 11.1 Å². The molecule has 186 valence electrons. The minimum absolute atomic E-state index is 0.00174. The summed E-state index contributed by atoms with van der Waals surface area (Å²) in [6.45, 7) is 2.76. The summed E-state index contributed by atoms with van der Waals surface area (Å²) in [5.41, 5.74) is 5.67. The highest BCUT2D eigenvalue weighted by Crippen LogP contribution is 2.43. The lowest BCUT2D eigenvalue weighted by Gasteiger charge is -2.34. The Labute approximate surface area is 208 Å². The van der Waals surface area contributed by atoms with Crippen LogP contribution in [-0.2, 0) is 17.6 Å². The molecule has 2 amide bonds. The topological polar surface area (TPSA) is 74.3 Å². The number of amides is 2. The summed E-state index contributed by atoms with van der Waals surface area (Å²) < 4.78 is 28.7. The van der Waals surface area contributed by atoms with Crippen LogP contribution in [0, 0.1) is 5.92 Å². The number of pyridine rings is 1. The van der Waals surface area contributed by atoms with Crippen LogP contribution in [0.1, 0.15) is 53.4 Å². The van der Waals surface area contributed by atoms with Crippen LogP contribution >= 0.6 is 0 Å². The summed E-state index contributed by atoms with van der Waals surface area (Å²) in [5, 5.41) is 5.52. The van der Waals surface area contributed by atoms with Crippen LogP contribution in [-0.4, -0.2) is 30.4 Å². The molecular weight excluding hydrogens is 462 g/mol. The smallest absolute Gasteiger partial charge is 0.269 e. The van der Waals surface area contributed by atoms with Gasteiger partial charge in [0.15, 0.2) is 0 Å². The molecule has 3 aromatic rings. The van der Waals surface area contributed by atoms with Gasteiger partial charge in [0, 0.05) is 54.4 Å². The number of carbonyl (C=O) groups excluding carboxylic acids is 2. The largest absolute Gasteiger partial charge is 0.354 e. The fraction of sp³-hybridized carbons (Fsp3) is 0.321. The third kappa shape index (κ3) is 4.43. The molecule has 0 radical (unpaired) electrons. The van der Waals surface area contributed by atoms with Crippen molar-refractivity contribution in [1.29, 1.82) is 0 Å². The SMILES string of the molecule is CNC(=O)c1ccc(-c2cc3c(cc2C(F)F)N(c2cccc4c2C[C@H](C)CC(=O)N4)CCC3)cn1. The standard InChI is InChI=1S/C28H28F2N4O2/c1-16-11-21-22(33-26(35)12-16)6-3-7-24(21)34-10-4-5-17-13-19(20(27(29)30)14-25(17)34)18-8-9-23(32-15-18)28(36)31-2/h3,6-9,13-16,27H,4-5,10-12H2,1-2H3,(H,31,36)(H,33,35)/t16-/m0/s1. The average molecular weight is 491 g/mol. The van der Waals surface area contributed by atoms with Crippen LogP contribution in [0.2, 0.25) is 0 Å². The maximum atomic E-state index is 14.3. The molecule has 0 spiro atoms. The van der Waals surface area contributed by atoms with Crippen molar-refractivity contribution in [2.45, 2.75) is 39.0 Å². The molecule has 36 heavy (non-hydrogen) atoms. The van der Waals surface area contributed by atoms with Crippen LogP contribution in [0.5, 0.6) is 0 Å². The Morgan fingerprint density at radius 2 is 2.00 bits per heavy atom. The van der Waals surface area contributed by atoms with Crippen molar-refractivity contribution in [3.8, 4) is 11.1 Å². The third-order valence-electron chi connectivity index (χ3n) is 6.94. The zero-order chi connectivity index (χ0) is 25.4. The number of anilines is 3. The van der Waals surface area contributed by atoms with Crippen molar-refractivity contribution in [1.82, 2.24) is 10.3 Å². The van der Waals surface area contributed by atoms with Gasteiger partial charge >= 0.3 is 0 Å². The van der Waals surface area contributed by atoms with Gasteiger partial charge in [-0.2, -0.15) is 0 Å². The third-order valence-corrected chi connectivity index (χ3v) is 6.94. The number of nitrogens with one attached hydrogen (secondary N) is 2. The van der Waals surface area contributed by atoms with E-state index in [0.717, 1.165) is 47.5 Å². The molecule has 0 fully saturated rings. The molecule has 0 saturated carbocycles. The normalized spacial score (nSPS) is 17.2. The summed E-state index contributed by atoms with van der Waals surface area (Å²) in [6.07, 6.45) is 1.63. The van der Waals surface area contributed by atoms with E-state index in [9.17, 15) is 18.4 Å². The number of aromatic nitrogens is 1. The molecule has 0 unspecified atom stereocenters. The van der Waals surface area contributed by atoms with E-state index in [1.54, 1.807) is 18.2 Å². The van der Waals surface area contributed by atoms with Crippen molar-refractivity contribution in [2.24, 2.45) is 5.92 Å². The first-order valence-electron chi connectivity index (χ1n) is 12.2. The summed E-state index contributed by atoms with van der Waals surface area (Å²) in [5.74, 6) is -0.150. The summed E-state index contributed by atoms with van der Waals surface area (Å²) in [7, 11) is 1.52. The van der Waals surface area contributed by atoms with Crippen LogP contribution in [0.4, 0.5) is 25.8 Å². The highest BCUT2D eigenvalue weighted by atomic mass is 19.3. The molecule has 0 saturated heterocycles. The molecule has 1 aromatic heterocycles. The first-order chi connectivity index (χ1) is 17.4. The lowest BCUT2D eigenvalue weighted by atomic mass is 9.91. The van der Waals surface area contributed by atoms with Gasteiger partial charge in [-0.15, -0.1) is 0 Å². The van der Waals surface area contributed by atoms with Crippen LogP contribution < -0.4 is 15.5 Å². The number of aryl methyl sites for hydroxylation is 1. The van der Waals surface area contributed by atoms with E-state index in [2.05, 4.69) is 27.4 Å². The number of hydrogen-bond donors (Lipinski definition) is 2. The Balaban J connectivity index is 1.60. The van der Waals surface area contributed by atoms with Gasteiger partial charge < -0.3 is 15.5 Å². The van der Waals surface area contributed by atoms with Crippen LogP contribution in [0.3, 0.4) is 0 Å².